The quantitative estimate of drug-likeness (QED) is 0.821. The monoisotopic (exact) mass is 346 g/mol. The molecule has 5 heteroatoms. The third-order valence-electron chi connectivity index (χ3n) is 6.08. The van der Waals surface area contributed by atoms with Gasteiger partial charge in [-0.05, 0) is 62.8 Å². The summed E-state index contributed by atoms with van der Waals surface area (Å²) in [7, 11) is 1.57. The number of halogens is 1. The van der Waals surface area contributed by atoms with Crippen molar-refractivity contribution in [2.75, 3.05) is 33.3 Å². The van der Waals surface area contributed by atoms with E-state index in [0.29, 0.717) is 17.9 Å². The van der Waals surface area contributed by atoms with E-state index in [1.807, 2.05) is 4.90 Å². The molecule has 0 aromatic heterocycles. The van der Waals surface area contributed by atoms with Crippen molar-refractivity contribution in [1.82, 2.24) is 9.80 Å². The van der Waals surface area contributed by atoms with Gasteiger partial charge in [0.1, 0.15) is 11.6 Å². The maximum atomic E-state index is 14.2. The van der Waals surface area contributed by atoms with E-state index in [2.05, 4.69) is 4.90 Å². The highest BCUT2D eigenvalue weighted by molar-refractivity contribution is 5.84. The van der Waals surface area contributed by atoms with Gasteiger partial charge in [-0.3, -0.25) is 4.79 Å². The van der Waals surface area contributed by atoms with Crippen LogP contribution in [0.1, 0.15) is 37.7 Å². The first-order valence-corrected chi connectivity index (χ1v) is 9.44. The van der Waals surface area contributed by atoms with Gasteiger partial charge < -0.3 is 14.5 Å². The molecule has 1 aromatic rings. The van der Waals surface area contributed by atoms with Crippen molar-refractivity contribution in [3.63, 3.8) is 0 Å². The molecule has 0 bridgehead atoms. The average molecular weight is 346 g/mol. The molecule has 1 saturated carbocycles. The molecule has 2 heterocycles. The Bertz CT molecular complexity index is 661. The van der Waals surface area contributed by atoms with Crippen LogP contribution in [0, 0.1) is 17.2 Å². The second-order valence-electron chi connectivity index (χ2n) is 8.00. The molecule has 2 aliphatic heterocycles. The maximum absolute atomic E-state index is 14.2. The molecule has 4 nitrogen and oxygen atoms in total. The molecule has 3 fully saturated rings. The lowest BCUT2D eigenvalue weighted by atomic mass is 9.78. The van der Waals surface area contributed by atoms with Gasteiger partial charge in [-0.1, -0.05) is 0 Å². The molecule has 0 unspecified atom stereocenters. The molecular weight excluding hydrogens is 319 g/mol. The van der Waals surface area contributed by atoms with E-state index >= 15 is 0 Å². The summed E-state index contributed by atoms with van der Waals surface area (Å²) in [6.07, 6.45) is 5.63. The number of nitrogens with zero attached hydrogens (tertiary/aromatic N) is 2. The minimum Gasteiger partial charge on any atom is -0.497 e. The summed E-state index contributed by atoms with van der Waals surface area (Å²) in [6, 6.07) is 4.74. The molecule has 2 saturated heterocycles. The van der Waals surface area contributed by atoms with Crippen molar-refractivity contribution in [3.05, 3.63) is 29.6 Å². The van der Waals surface area contributed by atoms with Crippen molar-refractivity contribution in [3.8, 4) is 5.75 Å². The largest absolute Gasteiger partial charge is 0.497 e. The van der Waals surface area contributed by atoms with Crippen molar-refractivity contribution < 1.29 is 13.9 Å². The third-order valence-corrected chi connectivity index (χ3v) is 6.08. The van der Waals surface area contributed by atoms with Crippen LogP contribution < -0.4 is 4.74 Å². The van der Waals surface area contributed by atoms with Gasteiger partial charge in [0.25, 0.3) is 0 Å². The molecule has 1 amide bonds. The lowest BCUT2D eigenvalue weighted by Gasteiger charge is -2.39. The van der Waals surface area contributed by atoms with Crippen LogP contribution in [0.5, 0.6) is 5.75 Å². The van der Waals surface area contributed by atoms with Crippen LogP contribution in [0.4, 0.5) is 4.39 Å². The molecular formula is C20H27FN2O2. The molecule has 0 N–H and O–H groups in total. The summed E-state index contributed by atoms with van der Waals surface area (Å²) in [5, 5.41) is 0. The van der Waals surface area contributed by atoms with Crippen LogP contribution in [0.15, 0.2) is 18.2 Å². The van der Waals surface area contributed by atoms with Gasteiger partial charge in [-0.15, -0.1) is 0 Å². The van der Waals surface area contributed by atoms with Crippen molar-refractivity contribution in [2.24, 2.45) is 11.3 Å². The fourth-order valence-corrected chi connectivity index (χ4v) is 4.47. The number of hydrogen-bond donors (Lipinski definition) is 0. The SMILES string of the molecule is COc1ccc(F)c(CN2CCC[C@@]3(CCN(CC4CC4)C3)C2=O)c1. The van der Waals surface area contributed by atoms with E-state index in [9.17, 15) is 9.18 Å². The number of rotatable bonds is 5. The van der Waals surface area contributed by atoms with Gasteiger partial charge in [0.2, 0.25) is 5.91 Å². The molecule has 4 rings (SSSR count). The predicted octanol–water partition coefficient (Wildman–Crippen LogP) is 3.06. The summed E-state index contributed by atoms with van der Waals surface area (Å²) >= 11 is 0. The second kappa shape index (κ2) is 6.60. The van der Waals surface area contributed by atoms with Crippen LogP contribution in [0.3, 0.4) is 0 Å². The molecule has 0 radical (unpaired) electrons. The number of ether oxygens (including phenoxy) is 1. The fraction of sp³-hybridized carbons (Fsp3) is 0.650. The van der Waals surface area contributed by atoms with Gasteiger partial charge >= 0.3 is 0 Å². The average Bonchev–Trinajstić information content (AvgIpc) is 3.33. The lowest BCUT2D eigenvalue weighted by molar-refractivity contribution is -0.146. The third kappa shape index (κ3) is 3.39. The zero-order chi connectivity index (χ0) is 17.4. The highest BCUT2D eigenvalue weighted by Gasteiger charge is 2.48. The lowest BCUT2D eigenvalue weighted by Crippen LogP contribution is -2.49. The van der Waals surface area contributed by atoms with E-state index in [-0.39, 0.29) is 17.1 Å². The normalized spacial score (nSPS) is 27.3. The Morgan fingerprint density at radius 3 is 2.88 bits per heavy atom. The Kier molecular flexibility index (Phi) is 4.44. The Hall–Kier alpha value is -1.62. The molecule has 1 aliphatic carbocycles. The Labute approximate surface area is 148 Å². The van der Waals surface area contributed by atoms with Gasteiger partial charge in [-0.25, -0.2) is 4.39 Å². The van der Waals surface area contributed by atoms with E-state index in [1.165, 1.54) is 18.9 Å². The van der Waals surface area contributed by atoms with Gasteiger partial charge in [0, 0.05) is 31.7 Å². The zero-order valence-electron chi connectivity index (χ0n) is 15.0. The van der Waals surface area contributed by atoms with Gasteiger partial charge in [-0.2, -0.15) is 0 Å². The van der Waals surface area contributed by atoms with E-state index < -0.39 is 0 Å². The first kappa shape index (κ1) is 16.8. The zero-order valence-corrected chi connectivity index (χ0v) is 15.0. The first-order chi connectivity index (χ1) is 12.1. The molecule has 1 aromatic carbocycles. The first-order valence-electron chi connectivity index (χ1n) is 9.44. The van der Waals surface area contributed by atoms with Crippen LogP contribution in [-0.4, -0.2) is 49.0 Å². The van der Waals surface area contributed by atoms with Crippen LogP contribution in [0.25, 0.3) is 0 Å². The number of methoxy groups -OCH3 is 1. The number of carbonyl (C=O) groups excluding carboxylic acids is 1. The molecule has 1 atom stereocenters. The van der Waals surface area contributed by atoms with Crippen molar-refractivity contribution >= 4 is 5.91 Å². The highest BCUT2D eigenvalue weighted by Crippen LogP contribution is 2.42. The number of carbonyl (C=O) groups is 1. The summed E-state index contributed by atoms with van der Waals surface area (Å²) in [5.41, 5.74) is 0.306. The van der Waals surface area contributed by atoms with Gasteiger partial charge in [0.05, 0.1) is 12.5 Å². The molecule has 136 valence electrons. The Morgan fingerprint density at radius 1 is 1.28 bits per heavy atom. The number of piperidine rings is 1. The fourth-order valence-electron chi connectivity index (χ4n) is 4.47. The second-order valence-corrected chi connectivity index (χ2v) is 8.00. The van der Waals surface area contributed by atoms with Crippen LogP contribution >= 0.6 is 0 Å². The Balaban J connectivity index is 1.47. The number of amides is 1. The minimum absolute atomic E-state index is 0.222. The number of hydrogen-bond acceptors (Lipinski definition) is 3. The number of benzene rings is 1. The van der Waals surface area contributed by atoms with E-state index in [1.54, 1.807) is 19.2 Å². The smallest absolute Gasteiger partial charge is 0.230 e. The summed E-state index contributed by atoms with van der Waals surface area (Å²) in [6.45, 7) is 4.13. The van der Waals surface area contributed by atoms with Crippen molar-refractivity contribution in [1.29, 1.82) is 0 Å². The summed E-state index contributed by atoms with van der Waals surface area (Å²) in [5.74, 6) is 1.44. The topological polar surface area (TPSA) is 32.8 Å². The molecule has 1 spiro atoms. The highest BCUT2D eigenvalue weighted by atomic mass is 19.1. The standard InChI is InChI=1S/C20H27FN2O2/c1-25-17-5-6-18(21)16(11-17)13-23-9-2-7-20(19(23)24)8-10-22(14-20)12-15-3-4-15/h5-6,11,15H,2-4,7-10,12-14H2,1H3/t20-/m0/s1. The maximum Gasteiger partial charge on any atom is 0.230 e. The molecule has 3 aliphatic rings. The Morgan fingerprint density at radius 2 is 2.12 bits per heavy atom. The predicted molar refractivity (Wildman–Crippen MR) is 93.8 cm³/mol. The molecule has 25 heavy (non-hydrogen) atoms. The summed E-state index contributed by atoms with van der Waals surface area (Å²) in [4.78, 5) is 17.6. The van der Waals surface area contributed by atoms with Crippen LogP contribution in [-0.2, 0) is 11.3 Å². The minimum atomic E-state index is -0.269. The van der Waals surface area contributed by atoms with E-state index in [4.69, 9.17) is 4.74 Å². The van der Waals surface area contributed by atoms with Crippen molar-refractivity contribution in [2.45, 2.75) is 38.6 Å². The van der Waals surface area contributed by atoms with Crippen LogP contribution in [0.2, 0.25) is 0 Å². The van der Waals surface area contributed by atoms with Gasteiger partial charge in [0.15, 0.2) is 0 Å². The summed E-state index contributed by atoms with van der Waals surface area (Å²) < 4.78 is 19.4. The number of likely N-dealkylation sites (tertiary alicyclic amines) is 2. The van der Waals surface area contributed by atoms with E-state index in [0.717, 1.165) is 51.4 Å².